The van der Waals surface area contributed by atoms with Gasteiger partial charge < -0.3 is 24.6 Å². The number of likely N-dealkylation sites (tertiary alicyclic amines) is 1. The second-order valence-corrected chi connectivity index (χ2v) is 14.9. The lowest BCUT2D eigenvalue weighted by molar-refractivity contribution is -0.276. The summed E-state index contributed by atoms with van der Waals surface area (Å²) >= 11 is 0. The molecule has 0 saturated carbocycles. The van der Waals surface area contributed by atoms with Gasteiger partial charge in [-0.05, 0) is 68.0 Å². The highest BCUT2D eigenvalue weighted by molar-refractivity contribution is 5.95. The van der Waals surface area contributed by atoms with E-state index in [4.69, 9.17) is 14.2 Å². The fraction of sp³-hybridized carbons (Fsp3) is 0.381. The molecule has 2 heterocycles. The van der Waals surface area contributed by atoms with E-state index in [1.165, 1.54) is 0 Å². The molecule has 2 saturated heterocycles. The van der Waals surface area contributed by atoms with Crippen LogP contribution in [0.1, 0.15) is 85.5 Å². The summed E-state index contributed by atoms with van der Waals surface area (Å²) < 4.78 is 88.6. The quantitative estimate of drug-likeness (QED) is 0.0730. The van der Waals surface area contributed by atoms with E-state index in [-0.39, 0.29) is 43.3 Å². The maximum absolute atomic E-state index is 14.3. The van der Waals surface area contributed by atoms with Gasteiger partial charge in [-0.15, -0.1) is 0 Å². The van der Waals surface area contributed by atoms with Crippen LogP contribution in [0.3, 0.4) is 0 Å². The highest BCUT2D eigenvalue weighted by atomic mass is 19.2. The van der Waals surface area contributed by atoms with Crippen LogP contribution >= 0.6 is 0 Å². The molecule has 2 aliphatic heterocycles. The number of benzene rings is 4. The second kappa shape index (κ2) is 16.6. The van der Waals surface area contributed by atoms with Crippen LogP contribution in [0.2, 0.25) is 0 Å². The van der Waals surface area contributed by atoms with Crippen molar-refractivity contribution in [3.63, 3.8) is 0 Å². The number of halogens is 5. The minimum absolute atomic E-state index is 0.0934. The lowest BCUT2D eigenvalue weighted by Crippen LogP contribution is -2.48. The molecular formula is C42H43F5N2O6. The number of aliphatic hydroxyl groups excluding tert-OH is 1. The predicted molar refractivity (Wildman–Crippen MR) is 193 cm³/mol. The standard InChI is InChI=1S/C42H43F5N2O6/c1-23-31(21-49-19-7-10-30(49)40(52)55-42(2,3)4)53-41(54-38(23)26-13-11-24(22-50)12-14-26)27-17-15-25(16-18-27)29-9-6-5-8-28(29)20-48-39(51)32-33(43)35(45)37(47)36(46)34(32)44/h5-6,8-9,11-18,23,30-31,38,41,50H,7,10,19-22H2,1-4H3,(H,48,51)/t23-,30-,31+,38+,41+/m0/s1. The molecule has 2 fully saturated rings. The summed E-state index contributed by atoms with van der Waals surface area (Å²) in [6.07, 6.45) is 0.00921. The molecule has 0 aromatic heterocycles. The summed E-state index contributed by atoms with van der Waals surface area (Å²) in [5.74, 6) is -13.0. The van der Waals surface area contributed by atoms with Gasteiger partial charge >= 0.3 is 5.97 Å². The maximum Gasteiger partial charge on any atom is 0.323 e. The van der Waals surface area contributed by atoms with Gasteiger partial charge in [0.2, 0.25) is 5.82 Å². The normalized spacial score (nSPS) is 21.7. The van der Waals surface area contributed by atoms with E-state index in [1.807, 2.05) is 69.3 Å². The molecule has 0 spiro atoms. The number of carbonyl (C=O) groups is 2. The molecule has 292 valence electrons. The largest absolute Gasteiger partial charge is 0.459 e. The molecule has 5 atom stereocenters. The zero-order chi connectivity index (χ0) is 39.6. The average molecular weight is 767 g/mol. The van der Waals surface area contributed by atoms with Gasteiger partial charge in [0, 0.05) is 24.6 Å². The van der Waals surface area contributed by atoms with Crippen LogP contribution in [-0.4, -0.2) is 52.7 Å². The first-order chi connectivity index (χ1) is 26.2. The molecule has 0 aliphatic carbocycles. The average Bonchev–Trinajstić information content (AvgIpc) is 3.64. The van der Waals surface area contributed by atoms with Crippen LogP contribution in [0, 0.1) is 35.0 Å². The molecule has 0 unspecified atom stereocenters. The molecule has 2 aliphatic rings. The smallest absolute Gasteiger partial charge is 0.323 e. The van der Waals surface area contributed by atoms with Gasteiger partial charge in [0.05, 0.1) is 18.8 Å². The highest BCUT2D eigenvalue weighted by Crippen LogP contribution is 2.43. The first-order valence-electron chi connectivity index (χ1n) is 18.1. The number of hydrogen-bond acceptors (Lipinski definition) is 7. The second-order valence-electron chi connectivity index (χ2n) is 14.9. The molecule has 4 aromatic carbocycles. The molecule has 8 nitrogen and oxygen atoms in total. The maximum atomic E-state index is 14.3. The Kier molecular flexibility index (Phi) is 12.1. The first-order valence-corrected chi connectivity index (χ1v) is 18.1. The Morgan fingerprint density at radius 1 is 0.855 bits per heavy atom. The summed E-state index contributed by atoms with van der Waals surface area (Å²) in [6, 6.07) is 21.4. The van der Waals surface area contributed by atoms with Crippen LogP contribution in [0.5, 0.6) is 0 Å². The first kappa shape index (κ1) is 40.0. The minimum Gasteiger partial charge on any atom is -0.459 e. The van der Waals surface area contributed by atoms with E-state index < -0.39 is 52.4 Å². The van der Waals surface area contributed by atoms with Crippen molar-refractivity contribution >= 4 is 11.9 Å². The van der Waals surface area contributed by atoms with Crippen LogP contribution in [0.4, 0.5) is 22.0 Å². The number of hydrogen-bond donors (Lipinski definition) is 2. The fourth-order valence-electron chi connectivity index (χ4n) is 7.08. The Morgan fingerprint density at radius 2 is 1.47 bits per heavy atom. The van der Waals surface area contributed by atoms with Crippen molar-refractivity contribution in [3.05, 3.63) is 130 Å². The van der Waals surface area contributed by atoms with E-state index in [0.29, 0.717) is 41.8 Å². The van der Waals surface area contributed by atoms with Crippen molar-refractivity contribution in [2.75, 3.05) is 13.1 Å². The number of ether oxygens (including phenoxy) is 3. The van der Waals surface area contributed by atoms with Gasteiger partial charge in [-0.3, -0.25) is 14.5 Å². The fourth-order valence-corrected chi connectivity index (χ4v) is 7.08. The van der Waals surface area contributed by atoms with Gasteiger partial charge in [-0.2, -0.15) is 0 Å². The van der Waals surface area contributed by atoms with Crippen molar-refractivity contribution in [1.29, 1.82) is 0 Å². The molecular weight excluding hydrogens is 723 g/mol. The number of aliphatic hydroxyl groups is 1. The summed E-state index contributed by atoms with van der Waals surface area (Å²) in [5, 5.41) is 11.9. The molecule has 2 N–H and O–H groups in total. The van der Waals surface area contributed by atoms with Crippen LogP contribution in [-0.2, 0) is 32.2 Å². The molecule has 13 heteroatoms. The molecule has 55 heavy (non-hydrogen) atoms. The summed E-state index contributed by atoms with van der Waals surface area (Å²) in [4.78, 5) is 27.9. The number of amides is 1. The third kappa shape index (κ3) is 8.75. The highest BCUT2D eigenvalue weighted by Gasteiger charge is 2.42. The minimum atomic E-state index is -2.35. The SMILES string of the molecule is C[C@H]1[C@@H](CN2CCC[C@H]2C(=O)OC(C)(C)C)O[C@@H](c2ccc(-c3ccccc3CNC(=O)c3c(F)c(F)c(F)c(F)c3F)cc2)O[C@H]1c1ccc(CO)cc1. The van der Waals surface area contributed by atoms with E-state index in [0.717, 1.165) is 17.5 Å². The van der Waals surface area contributed by atoms with Gasteiger partial charge in [0.25, 0.3) is 5.91 Å². The Balaban J connectivity index is 1.23. The molecule has 4 aromatic rings. The molecule has 1 amide bonds. The monoisotopic (exact) mass is 766 g/mol. The van der Waals surface area contributed by atoms with E-state index in [1.54, 1.807) is 24.3 Å². The van der Waals surface area contributed by atoms with E-state index >= 15 is 0 Å². The van der Waals surface area contributed by atoms with Crippen molar-refractivity contribution in [2.45, 2.75) is 83.8 Å². The Hall–Kier alpha value is -4.69. The number of nitrogens with one attached hydrogen (secondary N) is 1. The van der Waals surface area contributed by atoms with Gasteiger partial charge in [0.1, 0.15) is 17.2 Å². The predicted octanol–water partition coefficient (Wildman–Crippen LogP) is 8.07. The Labute approximate surface area is 316 Å². The molecule has 6 rings (SSSR count). The van der Waals surface area contributed by atoms with Crippen LogP contribution in [0.15, 0.2) is 72.8 Å². The zero-order valence-electron chi connectivity index (χ0n) is 30.9. The van der Waals surface area contributed by atoms with Gasteiger partial charge in [0.15, 0.2) is 29.6 Å². The Bertz CT molecular complexity index is 1990. The van der Waals surface area contributed by atoms with Crippen molar-refractivity contribution in [3.8, 4) is 11.1 Å². The molecule has 0 radical (unpaired) electrons. The Morgan fingerprint density at radius 3 is 2.11 bits per heavy atom. The van der Waals surface area contributed by atoms with E-state index in [2.05, 4.69) is 17.1 Å². The summed E-state index contributed by atoms with van der Waals surface area (Å²) in [7, 11) is 0. The number of nitrogens with zero attached hydrogens (tertiary/aromatic N) is 1. The lowest BCUT2D eigenvalue weighted by Gasteiger charge is -2.43. The van der Waals surface area contributed by atoms with Crippen LogP contribution in [0.25, 0.3) is 11.1 Å². The van der Waals surface area contributed by atoms with Crippen molar-refractivity contribution < 1.29 is 50.9 Å². The zero-order valence-corrected chi connectivity index (χ0v) is 30.9. The molecule has 0 bridgehead atoms. The van der Waals surface area contributed by atoms with Crippen molar-refractivity contribution in [2.24, 2.45) is 5.92 Å². The third-order valence-electron chi connectivity index (χ3n) is 9.97. The van der Waals surface area contributed by atoms with E-state index in [9.17, 15) is 36.6 Å². The van der Waals surface area contributed by atoms with Crippen LogP contribution < -0.4 is 5.32 Å². The number of esters is 1. The lowest BCUT2D eigenvalue weighted by atomic mass is 9.89. The third-order valence-corrected chi connectivity index (χ3v) is 9.97. The number of rotatable bonds is 10. The summed E-state index contributed by atoms with van der Waals surface area (Å²) in [6.45, 7) is 8.41. The summed E-state index contributed by atoms with van der Waals surface area (Å²) in [5.41, 5.74) is 2.07. The van der Waals surface area contributed by atoms with Crippen molar-refractivity contribution in [1.82, 2.24) is 10.2 Å². The van der Waals surface area contributed by atoms with Gasteiger partial charge in [-0.25, -0.2) is 22.0 Å². The van der Waals surface area contributed by atoms with Gasteiger partial charge in [-0.1, -0.05) is 79.7 Å². The topological polar surface area (TPSA) is 97.3 Å². The number of carbonyl (C=O) groups excluding carboxylic acids is 2.